The molecule has 2 unspecified atom stereocenters. The Morgan fingerprint density at radius 3 is 2.65 bits per heavy atom. The molecule has 0 aliphatic carbocycles. The number of sulfone groups is 1. The van der Waals surface area contributed by atoms with Gasteiger partial charge in [0.2, 0.25) is 0 Å². The molecule has 0 spiro atoms. The maximum absolute atomic E-state index is 11.6. The van der Waals surface area contributed by atoms with Gasteiger partial charge in [0.15, 0.2) is 9.84 Å². The van der Waals surface area contributed by atoms with Crippen molar-refractivity contribution in [1.29, 1.82) is 0 Å². The molecule has 1 rings (SSSR count). The summed E-state index contributed by atoms with van der Waals surface area (Å²) < 4.78 is 27.6. The average molecular weight is 263 g/mol. The number of carbonyl (C=O) groups is 1. The highest BCUT2D eigenvalue weighted by Crippen LogP contribution is 2.13. The van der Waals surface area contributed by atoms with E-state index in [0.717, 1.165) is 6.42 Å². The van der Waals surface area contributed by atoms with Crippen LogP contribution in [0.4, 0.5) is 0 Å². The highest BCUT2D eigenvalue weighted by Gasteiger charge is 2.31. The van der Waals surface area contributed by atoms with Crippen LogP contribution in [0.2, 0.25) is 0 Å². The number of esters is 1. The zero-order valence-corrected chi connectivity index (χ0v) is 11.3. The average Bonchev–Trinajstić information content (AvgIpc) is 2.58. The Bertz CT molecular complexity index is 352. The van der Waals surface area contributed by atoms with E-state index in [1.807, 2.05) is 6.92 Å². The summed E-state index contributed by atoms with van der Waals surface area (Å²) in [6, 6.07) is -0.487. The zero-order chi connectivity index (χ0) is 12.9. The SMILES string of the molecule is CCCC(NC1CCS(=O)(=O)C1)C(=O)OCC. The van der Waals surface area contributed by atoms with Crippen LogP contribution in [0.25, 0.3) is 0 Å². The van der Waals surface area contributed by atoms with E-state index in [2.05, 4.69) is 5.32 Å². The standard InChI is InChI=1S/C11H21NO4S/c1-3-5-10(11(13)16-4-2)12-9-6-7-17(14,15)8-9/h9-10,12H,3-8H2,1-2H3. The Balaban J connectivity index is 2.52. The van der Waals surface area contributed by atoms with E-state index in [9.17, 15) is 13.2 Å². The second-order valence-corrected chi connectivity index (χ2v) is 6.59. The van der Waals surface area contributed by atoms with Gasteiger partial charge in [-0.2, -0.15) is 0 Å². The fourth-order valence-corrected chi connectivity index (χ4v) is 3.70. The van der Waals surface area contributed by atoms with Gasteiger partial charge in [-0.3, -0.25) is 4.79 Å². The van der Waals surface area contributed by atoms with Gasteiger partial charge >= 0.3 is 5.97 Å². The predicted molar refractivity (Wildman–Crippen MR) is 65.5 cm³/mol. The summed E-state index contributed by atoms with van der Waals surface area (Å²) in [7, 11) is -2.91. The third-order valence-corrected chi connectivity index (χ3v) is 4.59. The maximum atomic E-state index is 11.6. The Hall–Kier alpha value is -0.620. The Morgan fingerprint density at radius 1 is 1.47 bits per heavy atom. The maximum Gasteiger partial charge on any atom is 0.323 e. The summed E-state index contributed by atoms with van der Waals surface area (Å²) in [5.74, 6) is 0.0672. The van der Waals surface area contributed by atoms with Crippen molar-refractivity contribution >= 4 is 15.8 Å². The number of hydrogen-bond donors (Lipinski definition) is 1. The summed E-state index contributed by atoms with van der Waals surface area (Å²) in [6.45, 7) is 4.10. The first kappa shape index (κ1) is 14.4. The molecule has 0 aromatic carbocycles. The van der Waals surface area contributed by atoms with Crippen molar-refractivity contribution in [3.8, 4) is 0 Å². The minimum absolute atomic E-state index is 0.110. The van der Waals surface area contributed by atoms with Crippen molar-refractivity contribution in [2.24, 2.45) is 0 Å². The topological polar surface area (TPSA) is 72.5 Å². The van der Waals surface area contributed by atoms with E-state index >= 15 is 0 Å². The quantitative estimate of drug-likeness (QED) is 0.706. The number of nitrogens with one attached hydrogen (secondary N) is 1. The Morgan fingerprint density at radius 2 is 2.18 bits per heavy atom. The summed E-state index contributed by atoms with van der Waals surface area (Å²) in [4.78, 5) is 11.6. The van der Waals surface area contributed by atoms with Gasteiger partial charge in [0.1, 0.15) is 6.04 Å². The number of rotatable bonds is 6. The lowest BCUT2D eigenvalue weighted by atomic mass is 10.1. The molecule has 1 N–H and O–H groups in total. The lowest BCUT2D eigenvalue weighted by molar-refractivity contribution is -0.146. The normalized spacial score (nSPS) is 24.5. The van der Waals surface area contributed by atoms with Gasteiger partial charge in [0.05, 0.1) is 18.1 Å². The molecular formula is C11H21NO4S. The van der Waals surface area contributed by atoms with E-state index in [1.54, 1.807) is 6.92 Å². The molecule has 0 saturated carbocycles. The third kappa shape index (κ3) is 4.63. The molecule has 0 amide bonds. The fourth-order valence-electron chi connectivity index (χ4n) is 2.01. The molecule has 1 saturated heterocycles. The molecular weight excluding hydrogens is 242 g/mol. The van der Waals surface area contributed by atoms with Crippen molar-refractivity contribution < 1.29 is 17.9 Å². The summed E-state index contributed by atoms with van der Waals surface area (Å²) in [5, 5.41) is 3.10. The van der Waals surface area contributed by atoms with Gasteiger partial charge in [-0.15, -0.1) is 0 Å². The lowest BCUT2D eigenvalue weighted by Crippen LogP contribution is -2.44. The van der Waals surface area contributed by atoms with Crippen LogP contribution in [0.3, 0.4) is 0 Å². The first-order valence-electron chi connectivity index (χ1n) is 6.11. The van der Waals surface area contributed by atoms with Crippen LogP contribution in [0.1, 0.15) is 33.1 Å². The number of carbonyl (C=O) groups excluding carboxylic acids is 1. The Labute approximate surface area is 103 Å². The number of hydrogen-bond acceptors (Lipinski definition) is 5. The molecule has 1 fully saturated rings. The van der Waals surface area contributed by atoms with E-state index in [1.165, 1.54) is 0 Å². The van der Waals surface area contributed by atoms with Crippen LogP contribution in [-0.2, 0) is 19.4 Å². The van der Waals surface area contributed by atoms with Crippen LogP contribution >= 0.6 is 0 Å². The van der Waals surface area contributed by atoms with Gasteiger partial charge in [0.25, 0.3) is 0 Å². The largest absolute Gasteiger partial charge is 0.465 e. The molecule has 1 aliphatic rings. The molecule has 5 nitrogen and oxygen atoms in total. The second-order valence-electron chi connectivity index (χ2n) is 4.36. The van der Waals surface area contributed by atoms with E-state index < -0.39 is 9.84 Å². The minimum Gasteiger partial charge on any atom is -0.465 e. The fraction of sp³-hybridized carbons (Fsp3) is 0.909. The second kappa shape index (κ2) is 6.35. The van der Waals surface area contributed by atoms with Gasteiger partial charge < -0.3 is 10.1 Å². The first-order chi connectivity index (χ1) is 7.98. The van der Waals surface area contributed by atoms with Crippen LogP contribution < -0.4 is 5.32 Å². The molecule has 0 aromatic heterocycles. The predicted octanol–water partition coefficient (Wildman–Crippen LogP) is 0.495. The first-order valence-corrected chi connectivity index (χ1v) is 7.93. The Kier molecular flexibility index (Phi) is 5.39. The summed E-state index contributed by atoms with van der Waals surface area (Å²) in [5.41, 5.74) is 0. The van der Waals surface area contributed by atoms with Crippen LogP contribution in [0.15, 0.2) is 0 Å². The summed E-state index contributed by atoms with van der Waals surface area (Å²) >= 11 is 0. The zero-order valence-electron chi connectivity index (χ0n) is 10.4. The summed E-state index contributed by atoms with van der Waals surface area (Å²) in [6.07, 6.45) is 2.12. The van der Waals surface area contributed by atoms with Crippen LogP contribution in [-0.4, -0.2) is 44.6 Å². The van der Waals surface area contributed by atoms with Gasteiger partial charge in [-0.05, 0) is 19.8 Å². The number of ether oxygens (including phenoxy) is 1. The minimum atomic E-state index is -2.91. The molecule has 0 bridgehead atoms. The van der Waals surface area contributed by atoms with E-state index in [0.29, 0.717) is 19.4 Å². The van der Waals surface area contributed by atoms with Crippen LogP contribution in [0.5, 0.6) is 0 Å². The van der Waals surface area contributed by atoms with Crippen LogP contribution in [0, 0.1) is 0 Å². The van der Waals surface area contributed by atoms with E-state index in [-0.39, 0.29) is 29.6 Å². The molecule has 1 aliphatic heterocycles. The molecule has 100 valence electrons. The van der Waals surface area contributed by atoms with Crippen molar-refractivity contribution in [2.45, 2.75) is 45.2 Å². The van der Waals surface area contributed by atoms with Crippen molar-refractivity contribution in [3.05, 3.63) is 0 Å². The van der Waals surface area contributed by atoms with Gasteiger partial charge in [-0.1, -0.05) is 13.3 Å². The van der Waals surface area contributed by atoms with E-state index in [4.69, 9.17) is 4.74 Å². The smallest absolute Gasteiger partial charge is 0.323 e. The lowest BCUT2D eigenvalue weighted by Gasteiger charge is -2.20. The molecule has 0 radical (unpaired) electrons. The van der Waals surface area contributed by atoms with Crippen molar-refractivity contribution in [1.82, 2.24) is 5.32 Å². The molecule has 2 atom stereocenters. The molecule has 1 heterocycles. The van der Waals surface area contributed by atoms with Gasteiger partial charge in [-0.25, -0.2) is 8.42 Å². The third-order valence-electron chi connectivity index (χ3n) is 2.82. The van der Waals surface area contributed by atoms with Crippen molar-refractivity contribution in [3.63, 3.8) is 0 Å². The monoisotopic (exact) mass is 263 g/mol. The highest BCUT2D eigenvalue weighted by atomic mass is 32.2. The highest BCUT2D eigenvalue weighted by molar-refractivity contribution is 7.91. The van der Waals surface area contributed by atoms with Crippen molar-refractivity contribution in [2.75, 3.05) is 18.1 Å². The molecule has 6 heteroatoms. The molecule has 0 aromatic rings. The van der Waals surface area contributed by atoms with Gasteiger partial charge in [0, 0.05) is 6.04 Å². The molecule has 17 heavy (non-hydrogen) atoms.